The molecule has 2 N–H and O–H groups in total. The van der Waals surface area contributed by atoms with Crippen molar-refractivity contribution in [2.75, 3.05) is 5.73 Å². The van der Waals surface area contributed by atoms with E-state index in [1.54, 1.807) is 12.1 Å². The Morgan fingerprint density at radius 2 is 2.20 bits per heavy atom. The summed E-state index contributed by atoms with van der Waals surface area (Å²) >= 11 is 1.32. The fourth-order valence-electron chi connectivity index (χ4n) is 0.542. The number of halogens is 1. The van der Waals surface area contributed by atoms with Crippen LogP contribution in [0.1, 0.15) is 16.6 Å². The van der Waals surface area contributed by atoms with E-state index in [0.717, 1.165) is 4.88 Å². The van der Waals surface area contributed by atoms with Gasteiger partial charge in [0, 0.05) is 0 Å². The molecule has 10 heavy (non-hydrogen) atoms. The molecule has 0 fully saturated rings. The van der Waals surface area contributed by atoms with Crippen LogP contribution in [0.3, 0.4) is 0 Å². The molecule has 2 nitrogen and oxygen atoms in total. The van der Waals surface area contributed by atoms with Gasteiger partial charge in [0.05, 0.1) is 9.88 Å². The average Bonchev–Trinajstić information content (AvgIpc) is 2.14. The highest BCUT2D eigenvalue weighted by molar-refractivity contribution is 7.17. The van der Waals surface area contributed by atoms with E-state index in [1.807, 2.05) is 0 Å². The third-order valence-corrected chi connectivity index (χ3v) is 1.99. The molecular weight excluding hydrogens is 170 g/mol. The highest BCUT2D eigenvalue weighted by Crippen LogP contribution is 2.17. The summed E-state index contributed by atoms with van der Waals surface area (Å²) in [7, 11) is 0. The molecule has 0 aliphatic rings. The highest BCUT2D eigenvalue weighted by atomic mass is 35.5. The van der Waals surface area contributed by atoms with E-state index in [9.17, 15) is 4.79 Å². The average molecular weight is 178 g/mol. The summed E-state index contributed by atoms with van der Waals surface area (Å²) in [5.41, 5.74) is 5.38. The Kier molecular flexibility index (Phi) is 3.39. The minimum Gasteiger partial charge on any atom is -0.391 e. The van der Waals surface area contributed by atoms with Crippen LogP contribution in [0.2, 0.25) is 0 Å². The van der Waals surface area contributed by atoms with Gasteiger partial charge < -0.3 is 5.73 Å². The van der Waals surface area contributed by atoms with Crippen molar-refractivity contribution >= 4 is 34.5 Å². The molecule has 0 aromatic carbocycles. The second-order valence-corrected chi connectivity index (χ2v) is 2.87. The van der Waals surface area contributed by atoms with Gasteiger partial charge in [-0.1, -0.05) is 0 Å². The Morgan fingerprint density at radius 3 is 2.40 bits per heavy atom. The summed E-state index contributed by atoms with van der Waals surface area (Å²) < 4.78 is 0. The first kappa shape index (κ1) is 9.46. The standard InChI is InChI=1S/C6H7NOS.ClH/c1-4(8)5-2-3-6(7)9-5;/h2-3H,7H2,1H3;1H. The zero-order valence-corrected chi connectivity index (χ0v) is 7.09. The Bertz CT molecular complexity index is 233. The second-order valence-electron chi connectivity index (χ2n) is 1.76. The van der Waals surface area contributed by atoms with Crippen LogP contribution < -0.4 is 5.73 Å². The van der Waals surface area contributed by atoms with Crippen LogP contribution >= 0.6 is 23.7 Å². The third kappa shape index (κ3) is 2.01. The van der Waals surface area contributed by atoms with Crippen LogP contribution in [0.5, 0.6) is 0 Å². The van der Waals surface area contributed by atoms with Gasteiger partial charge in [-0.3, -0.25) is 4.79 Å². The Labute approximate surface area is 69.5 Å². The van der Waals surface area contributed by atoms with E-state index >= 15 is 0 Å². The zero-order valence-electron chi connectivity index (χ0n) is 5.46. The van der Waals surface area contributed by atoms with Gasteiger partial charge >= 0.3 is 0 Å². The summed E-state index contributed by atoms with van der Waals surface area (Å²) in [6.45, 7) is 1.53. The van der Waals surface area contributed by atoms with Gasteiger partial charge in [0.25, 0.3) is 0 Å². The number of anilines is 1. The lowest BCUT2D eigenvalue weighted by Crippen LogP contribution is -1.83. The van der Waals surface area contributed by atoms with Gasteiger partial charge in [0.2, 0.25) is 0 Å². The van der Waals surface area contributed by atoms with Gasteiger partial charge in [-0.15, -0.1) is 23.7 Å². The lowest BCUT2D eigenvalue weighted by atomic mass is 10.4. The molecule has 0 unspecified atom stereocenters. The smallest absolute Gasteiger partial charge is 0.169 e. The number of nitrogens with two attached hydrogens (primary N) is 1. The minimum absolute atomic E-state index is 0. The molecule has 0 amide bonds. The van der Waals surface area contributed by atoms with Crippen molar-refractivity contribution in [3.63, 3.8) is 0 Å². The summed E-state index contributed by atoms with van der Waals surface area (Å²) in [5.74, 6) is 0.0803. The summed E-state index contributed by atoms with van der Waals surface area (Å²) in [5, 5.41) is 0.695. The topological polar surface area (TPSA) is 43.1 Å². The first-order valence-electron chi connectivity index (χ1n) is 2.56. The van der Waals surface area contributed by atoms with Crippen LogP contribution in [-0.2, 0) is 0 Å². The molecule has 4 heteroatoms. The number of hydrogen-bond acceptors (Lipinski definition) is 3. The van der Waals surface area contributed by atoms with Crippen molar-refractivity contribution in [2.24, 2.45) is 0 Å². The van der Waals surface area contributed by atoms with Crippen LogP contribution in [0.4, 0.5) is 5.00 Å². The van der Waals surface area contributed by atoms with Crippen molar-refractivity contribution in [1.82, 2.24) is 0 Å². The number of carbonyl (C=O) groups excluding carboxylic acids is 1. The monoisotopic (exact) mass is 177 g/mol. The van der Waals surface area contributed by atoms with Crippen LogP contribution in [0, 0.1) is 0 Å². The SMILES string of the molecule is CC(=O)c1ccc(N)s1.Cl. The minimum atomic E-state index is 0. The second kappa shape index (κ2) is 3.58. The van der Waals surface area contributed by atoms with E-state index in [2.05, 4.69) is 0 Å². The Hall–Kier alpha value is -0.540. The van der Waals surface area contributed by atoms with Crippen molar-refractivity contribution < 1.29 is 4.79 Å². The molecule has 1 rings (SSSR count). The van der Waals surface area contributed by atoms with E-state index < -0.39 is 0 Å². The van der Waals surface area contributed by atoms with Gasteiger partial charge in [-0.05, 0) is 19.1 Å². The first-order chi connectivity index (χ1) is 4.20. The van der Waals surface area contributed by atoms with Crippen molar-refractivity contribution in [2.45, 2.75) is 6.92 Å². The van der Waals surface area contributed by atoms with Crippen molar-refractivity contribution in [1.29, 1.82) is 0 Å². The molecule has 1 heterocycles. The fourth-order valence-corrected chi connectivity index (χ4v) is 1.21. The first-order valence-corrected chi connectivity index (χ1v) is 3.38. The Balaban J connectivity index is 0.000000810. The molecule has 1 aromatic rings. The number of rotatable bonds is 1. The maximum absolute atomic E-state index is 10.6. The highest BCUT2D eigenvalue weighted by Gasteiger charge is 1.99. The molecule has 0 aliphatic carbocycles. The van der Waals surface area contributed by atoms with E-state index in [4.69, 9.17) is 5.73 Å². The summed E-state index contributed by atoms with van der Waals surface area (Å²) in [6, 6.07) is 3.48. The lowest BCUT2D eigenvalue weighted by molar-refractivity contribution is 0.102. The normalized spacial score (nSPS) is 8.50. The Morgan fingerprint density at radius 1 is 1.60 bits per heavy atom. The van der Waals surface area contributed by atoms with Gasteiger partial charge in [-0.25, -0.2) is 0 Å². The van der Waals surface area contributed by atoms with E-state index in [0.29, 0.717) is 5.00 Å². The predicted molar refractivity (Wildman–Crippen MR) is 46.0 cm³/mol. The quantitative estimate of drug-likeness (QED) is 0.667. The van der Waals surface area contributed by atoms with Crippen molar-refractivity contribution in [3.05, 3.63) is 17.0 Å². The molecule has 0 spiro atoms. The molecule has 0 aliphatic heterocycles. The zero-order chi connectivity index (χ0) is 6.85. The van der Waals surface area contributed by atoms with Crippen LogP contribution in [0.25, 0.3) is 0 Å². The van der Waals surface area contributed by atoms with Gasteiger partial charge in [0.15, 0.2) is 5.78 Å². The molecule has 0 saturated heterocycles. The largest absolute Gasteiger partial charge is 0.391 e. The van der Waals surface area contributed by atoms with Gasteiger partial charge in [0.1, 0.15) is 0 Å². The predicted octanol–water partition coefficient (Wildman–Crippen LogP) is 1.95. The number of thiophene rings is 1. The van der Waals surface area contributed by atoms with E-state index in [-0.39, 0.29) is 18.2 Å². The molecule has 0 radical (unpaired) electrons. The van der Waals surface area contributed by atoms with Crippen LogP contribution in [-0.4, -0.2) is 5.78 Å². The number of carbonyl (C=O) groups is 1. The molecular formula is C6H8ClNOS. The third-order valence-electron chi connectivity index (χ3n) is 0.974. The number of nitrogen functional groups attached to an aromatic ring is 1. The van der Waals surface area contributed by atoms with Gasteiger partial charge in [-0.2, -0.15) is 0 Å². The molecule has 0 saturated carbocycles. The summed E-state index contributed by atoms with van der Waals surface area (Å²) in [6.07, 6.45) is 0. The fraction of sp³-hybridized carbons (Fsp3) is 0.167. The van der Waals surface area contributed by atoms with Crippen molar-refractivity contribution in [3.8, 4) is 0 Å². The number of hydrogen-bond donors (Lipinski definition) is 1. The number of Topliss-reactive ketones (excluding diaryl/α,β-unsaturated/α-hetero) is 1. The maximum atomic E-state index is 10.6. The number of ketones is 1. The molecule has 56 valence electrons. The lowest BCUT2D eigenvalue weighted by Gasteiger charge is -1.81. The summed E-state index contributed by atoms with van der Waals surface area (Å²) in [4.78, 5) is 11.3. The molecule has 0 bridgehead atoms. The van der Waals surface area contributed by atoms with Crippen LogP contribution in [0.15, 0.2) is 12.1 Å². The van der Waals surface area contributed by atoms with E-state index in [1.165, 1.54) is 18.3 Å². The molecule has 1 aromatic heterocycles. The molecule has 0 atom stereocenters. The maximum Gasteiger partial charge on any atom is 0.169 e.